The van der Waals surface area contributed by atoms with Crippen molar-refractivity contribution < 1.29 is 9.18 Å². The molecule has 4 nitrogen and oxygen atoms in total. The number of benzene rings is 2. The molecule has 0 bridgehead atoms. The summed E-state index contributed by atoms with van der Waals surface area (Å²) in [5.41, 5.74) is 1.39. The van der Waals surface area contributed by atoms with Gasteiger partial charge in [-0.2, -0.15) is 0 Å². The lowest BCUT2D eigenvalue weighted by molar-refractivity contribution is -0.122. The number of hydrogen-bond donors (Lipinski definition) is 1. The Morgan fingerprint density at radius 3 is 2.85 bits per heavy atom. The zero-order valence-corrected chi connectivity index (χ0v) is 15.9. The summed E-state index contributed by atoms with van der Waals surface area (Å²) in [7, 11) is 1.76. The molecular weight excluding hydrogens is 373 g/mol. The van der Waals surface area contributed by atoms with Gasteiger partial charge in [0.2, 0.25) is 5.91 Å². The molecule has 1 aromatic heterocycles. The first-order valence-corrected chi connectivity index (χ1v) is 9.45. The second-order valence-electron chi connectivity index (χ2n) is 6.05. The summed E-state index contributed by atoms with van der Waals surface area (Å²) in [5, 5.41) is 4.25. The van der Waals surface area contributed by atoms with E-state index in [2.05, 4.69) is 10.3 Å². The first-order valence-electron chi connectivity index (χ1n) is 8.25. The van der Waals surface area contributed by atoms with Crippen LogP contribution in [-0.4, -0.2) is 35.9 Å². The Balaban J connectivity index is 1.46. The van der Waals surface area contributed by atoms with Crippen LogP contribution in [0.2, 0.25) is 5.02 Å². The molecule has 0 fully saturated rings. The fraction of sp³-hybridized carbons (Fsp3) is 0.263. The minimum Gasteiger partial charge on any atom is -0.355 e. The van der Waals surface area contributed by atoms with E-state index in [1.54, 1.807) is 35.4 Å². The second-order valence-corrected chi connectivity index (χ2v) is 7.57. The maximum absolute atomic E-state index is 13.8. The van der Waals surface area contributed by atoms with Crippen LogP contribution in [0.1, 0.15) is 10.6 Å². The monoisotopic (exact) mass is 391 g/mol. The molecule has 0 saturated carbocycles. The van der Waals surface area contributed by atoms with Crippen LogP contribution in [0.25, 0.3) is 10.2 Å². The van der Waals surface area contributed by atoms with Gasteiger partial charge >= 0.3 is 0 Å². The van der Waals surface area contributed by atoms with Gasteiger partial charge in [0.15, 0.2) is 0 Å². The van der Waals surface area contributed by atoms with Crippen LogP contribution >= 0.6 is 22.9 Å². The van der Waals surface area contributed by atoms with Crippen LogP contribution in [0.15, 0.2) is 42.5 Å². The maximum Gasteiger partial charge on any atom is 0.234 e. The van der Waals surface area contributed by atoms with E-state index in [1.807, 2.05) is 24.3 Å². The molecule has 0 atom stereocenters. The molecule has 26 heavy (non-hydrogen) atoms. The van der Waals surface area contributed by atoms with E-state index in [0.29, 0.717) is 23.6 Å². The van der Waals surface area contributed by atoms with Crippen molar-refractivity contribution in [1.82, 2.24) is 15.2 Å². The van der Waals surface area contributed by atoms with Gasteiger partial charge in [-0.25, -0.2) is 9.37 Å². The molecule has 0 aliphatic rings. The quantitative estimate of drug-likeness (QED) is 0.664. The van der Waals surface area contributed by atoms with E-state index < -0.39 is 0 Å². The highest BCUT2D eigenvalue weighted by atomic mass is 35.5. The molecule has 7 heteroatoms. The number of para-hydroxylation sites is 1. The lowest BCUT2D eigenvalue weighted by Gasteiger charge is -2.17. The number of halogens is 2. The zero-order chi connectivity index (χ0) is 18.5. The summed E-state index contributed by atoms with van der Waals surface area (Å²) < 4.78 is 15.0. The van der Waals surface area contributed by atoms with Gasteiger partial charge in [-0.3, -0.25) is 9.69 Å². The SMILES string of the molecule is CN(CC(=O)NCCc1nc2ccccc2s1)Cc1c(F)cccc1Cl. The average Bonchev–Trinajstić information content (AvgIpc) is 3.01. The number of nitrogens with zero attached hydrogens (tertiary/aromatic N) is 2. The van der Waals surface area contributed by atoms with Gasteiger partial charge in [0.05, 0.1) is 21.8 Å². The number of carbonyl (C=O) groups excluding carboxylic acids is 1. The number of aromatic nitrogens is 1. The molecule has 136 valence electrons. The number of thiazole rings is 1. The van der Waals surface area contributed by atoms with E-state index in [4.69, 9.17) is 11.6 Å². The van der Waals surface area contributed by atoms with E-state index in [-0.39, 0.29) is 24.8 Å². The van der Waals surface area contributed by atoms with Gasteiger partial charge in [0.1, 0.15) is 5.82 Å². The minimum absolute atomic E-state index is 0.110. The van der Waals surface area contributed by atoms with Gasteiger partial charge in [-0.15, -0.1) is 11.3 Å². The fourth-order valence-electron chi connectivity index (χ4n) is 2.65. The Labute approximate surface area is 160 Å². The molecule has 0 aliphatic heterocycles. The largest absolute Gasteiger partial charge is 0.355 e. The Morgan fingerprint density at radius 2 is 2.08 bits per heavy atom. The van der Waals surface area contributed by atoms with E-state index >= 15 is 0 Å². The summed E-state index contributed by atoms with van der Waals surface area (Å²) in [6.45, 7) is 0.967. The van der Waals surface area contributed by atoms with Crippen LogP contribution in [-0.2, 0) is 17.8 Å². The zero-order valence-electron chi connectivity index (χ0n) is 14.3. The number of fused-ring (bicyclic) bond motifs is 1. The molecule has 3 aromatic rings. The molecule has 0 unspecified atom stereocenters. The van der Waals surface area contributed by atoms with Crippen molar-refractivity contribution in [2.24, 2.45) is 0 Å². The molecule has 0 spiro atoms. The lowest BCUT2D eigenvalue weighted by Crippen LogP contribution is -2.36. The molecule has 3 rings (SSSR count). The van der Waals surface area contributed by atoms with E-state index in [9.17, 15) is 9.18 Å². The van der Waals surface area contributed by atoms with Crippen molar-refractivity contribution >= 4 is 39.1 Å². The van der Waals surface area contributed by atoms with Crippen LogP contribution in [0, 0.1) is 5.82 Å². The molecule has 1 N–H and O–H groups in total. The van der Waals surface area contributed by atoms with Crippen LogP contribution in [0.3, 0.4) is 0 Å². The van der Waals surface area contributed by atoms with Crippen molar-refractivity contribution in [2.75, 3.05) is 20.1 Å². The summed E-state index contributed by atoms with van der Waals surface area (Å²) in [5.74, 6) is -0.471. The van der Waals surface area contributed by atoms with E-state index in [0.717, 1.165) is 15.2 Å². The Morgan fingerprint density at radius 1 is 1.27 bits per heavy atom. The molecule has 1 heterocycles. The first kappa shape index (κ1) is 18.8. The van der Waals surface area contributed by atoms with Crippen molar-refractivity contribution in [3.05, 3.63) is 63.9 Å². The second kappa shape index (κ2) is 8.58. The minimum atomic E-state index is -0.361. The van der Waals surface area contributed by atoms with Crippen LogP contribution in [0.5, 0.6) is 0 Å². The number of likely N-dealkylation sites (N-methyl/N-ethyl adjacent to an activating group) is 1. The molecule has 0 radical (unpaired) electrons. The van der Waals surface area contributed by atoms with Crippen molar-refractivity contribution in [1.29, 1.82) is 0 Å². The Bertz CT molecular complexity index is 861. The summed E-state index contributed by atoms with van der Waals surface area (Å²) in [6.07, 6.45) is 0.688. The van der Waals surface area contributed by atoms with Gasteiger partial charge in [-0.1, -0.05) is 29.8 Å². The highest BCUT2D eigenvalue weighted by Crippen LogP contribution is 2.22. The van der Waals surface area contributed by atoms with Crippen molar-refractivity contribution in [3.63, 3.8) is 0 Å². The predicted molar refractivity (Wildman–Crippen MR) is 104 cm³/mol. The third-order valence-electron chi connectivity index (χ3n) is 3.90. The summed E-state index contributed by atoms with van der Waals surface area (Å²) in [4.78, 5) is 18.4. The first-order chi connectivity index (χ1) is 12.5. The Hall–Kier alpha value is -2.02. The highest BCUT2D eigenvalue weighted by molar-refractivity contribution is 7.18. The molecular formula is C19H19ClFN3OS. The van der Waals surface area contributed by atoms with E-state index in [1.165, 1.54) is 6.07 Å². The molecule has 1 amide bonds. The topological polar surface area (TPSA) is 45.2 Å². The van der Waals surface area contributed by atoms with Gasteiger partial charge in [0.25, 0.3) is 0 Å². The van der Waals surface area contributed by atoms with Crippen molar-refractivity contribution in [2.45, 2.75) is 13.0 Å². The molecule has 2 aromatic carbocycles. The van der Waals surface area contributed by atoms with Gasteiger partial charge in [0, 0.05) is 30.1 Å². The van der Waals surface area contributed by atoms with Crippen LogP contribution in [0.4, 0.5) is 4.39 Å². The third kappa shape index (κ3) is 4.78. The van der Waals surface area contributed by atoms with Gasteiger partial charge in [-0.05, 0) is 31.3 Å². The van der Waals surface area contributed by atoms with Crippen LogP contribution < -0.4 is 5.32 Å². The number of amides is 1. The Kier molecular flexibility index (Phi) is 6.19. The van der Waals surface area contributed by atoms with Crippen molar-refractivity contribution in [3.8, 4) is 0 Å². The normalized spacial score (nSPS) is 11.2. The number of nitrogens with one attached hydrogen (secondary N) is 1. The summed E-state index contributed by atoms with van der Waals surface area (Å²) in [6, 6.07) is 12.6. The molecule has 0 aliphatic carbocycles. The number of carbonyl (C=O) groups is 1. The molecule has 0 saturated heterocycles. The maximum atomic E-state index is 13.8. The lowest BCUT2D eigenvalue weighted by atomic mass is 10.2. The smallest absolute Gasteiger partial charge is 0.234 e. The fourth-order valence-corrected chi connectivity index (χ4v) is 3.84. The third-order valence-corrected chi connectivity index (χ3v) is 5.35. The average molecular weight is 392 g/mol. The predicted octanol–water partition coefficient (Wildman–Crippen LogP) is 3.88. The number of rotatable bonds is 7. The van der Waals surface area contributed by atoms with Gasteiger partial charge < -0.3 is 5.32 Å². The highest BCUT2D eigenvalue weighted by Gasteiger charge is 2.12. The standard InChI is InChI=1S/C19H19ClFN3OS/c1-24(11-13-14(20)5-4-6-15(13)21)12-18(25)22-10-9-19-23-16-7-2-3-8-17(16)26-19/h2-8H,9-12H2,1H3,(H,22,25). The number of hydrogen-bond acceptors (Lipinski definition) is 4. The summed E-state index contributed by atoms with van der Waals surface area (Å²) >= 11 is 7.66.